The molecule has 4 nitrogen and oxygen atoms in total. The van der Waals surface area contributed by atoms with Gasteiger partial charge in [0.15, 0.2) is 0 Å². The predicted octanol–water partition coefficient (Wildman–Crippen LogP) is 3.21. The van der Waals surface area contributed by atoms with Crippen LogP contribution < -0.4 is 0 Å². The van der Waals surface area contributed by atoms with Crippen molar-refractivity contribution in [2.24, 2.45) is 0 Å². The van der Waals surface area contributed by atoms with Crippen molar-refractivity contribution in [2.45, 2.75) is 24.8 Å². The molecule has 1 fully saturated rings. The topological polar surface area (TPSA) is 57.6 Å². The zero-order valence-corrected chi connectivity index (χ0v) is 13.3. The standard InChI is InChI=1S/C19H18FNO3/c1-21(12-13-2-4-14(5-3-13)17(22)23)18(24)19(10-11-19)15-6-8-16(20)9-7-15/h2-9H,10-12H2,1H3,(H,22,23). The molecule has 0 aromatic heterocycles. The number of carbonyl (C=O) groups excluding carboxylic acids is 1. The fourth-order valence-electron chi connectivity index (χ4n) is 2.98. The van der Waals surface area contributed by atoms with Gasteiger partial charge in [-0.3, -0.25) is 4.79 Å². The highest BCUT2D eigenvalue weighted by Crippen LogP contribution is 2.49. The molecule has 5 heteroatoms. The second kappa shape index (κ2) is 6.07. The highest BCUT2D eigenvalue weighted by Gasteiger charge is 2.52. The van der Waals surface area contributed by atoms with Crippen LogP contribution in [-0.4, -0.2) is 28.9 Å². The number of carbonyl (C=O) groups is 2. The maximum Gasteiger partial charge on any atom is 0.335 e. The van der Waals surface area contributed by atoms with Gasteiger partial charge in [0.2, 0.25) is 5.91 Å². The van der Waals surface area contributed by atoms with E-state index in [1.165, 1.54) is 24.3 Å². The van der Waals surface area contributed by atoms with Crippen LogP contribution in [0.1, 0.15) is 34.3 Å². The van der Waals surface area contributed by atoms with Crippen molar-refractivity contribution < 1.29 is 19.1 Å². The van der Waals surface area contributed by atoms with E-state index in [2.05, 4.69) is 0 Å². The number of nitrogens with zero attached hydrogens (tertiary/aromatic N) is 1. The van der Waals surface area contributed by atoms with Crippen LogP contribution in [0.25, 0.3) is 0 Å². The maximum absolute atomic E-state index is 13.1. The van der Waals surface area contributed by atoms with Crippen molar-refractivity contribution in [2.75, 3.05) is 7.05 Å². The van der Waals surface area contributed by atoms with Crippen molar-refractivity contribution in [1.29, 1.82) is 0 Å². The lowest BCUT2D eigenvalue weighted by Crippen LogP contribution is -2.36. The average Bonchev–Trinajstić information content (AvgIpc) is 3.37. The summed E-state index contributed by atoms with van der Waals surface area (Å²) in [6.07, 6.45) is 1.53. The minimum absolute atomic E-state index is 0.0106. The number of carboxylic acids is 1. The zero-order chi connectivity index (χ0) is 17.3. The molecule has 0 heterocycles. The Balaban J connectivity index is 1.72. The van der Waals surface area contributed by atoms with E-state index in [1.807, 2.05) is 0 Å². The molecule has 0 atom stereocenters. The van der Waals surface area contributed by atoms with Gasteiger partial charge < -0.3 is 10.0 Å². The lowest BCUT2D eigenvalue weighted by Gasteiger charge is -2.24. The molecule has 0 aliphatic heterocycles. The van der Waals surface area contributed by atoms with Gasteiger partial charge in [-0.15, -0.1) is 0 Å². The first-order valence-corrected chi connectivity index (χ1v) is 7.76. The van der Waals surface area contributed by atoms with E-state index < -0.39 is 11.4 Å². The fourth-order valence-corrected chi connectivity index (χ4v) is 2.98. The predicted molar refractivity (Wildman–Crippen MR) is 87.2 cm³/mol. The maximum atomic E-state index is 13.1. The van der Waals surface area contributed by atoms with Crippen LogP contribution in [0.4, 0.5) is 4.39 Å². The van der Waals surface area contributed by atoms with Crippen molar-refractivity contribution in [3.05, 3.63) is 71.0 Å². The largest absolute Gasteiger partial charge is 0.478 e. The van der Waals surface area contributed by atoms with Crippen LogP contribution in [0, 0.1) is 5.82 Å². The summed E-state index contributed by atoms with van der Waals surface area (Å²) in [6, 6.07) is 12.6. The molecule has 0 spiro atoms. The number of carboxylic acid groups (broad SMARTS) is 1. The molecular weight excluding hydrogens is 309 g/mol. The summed E-state index contributed by atoms with van der Waals surface area (Å²) in [7, 11) is 1.73. The minimum atomic E-state index is -0.973. The molecule has 2 aromatic carbocycles. The van der Waals surface area contributed by atoms with E-state index >= 15 is 0 Å². The van der Waals surface area contributed by atoms with E-state index in [9.17, 15) is 14.0 Å². The van der Waals surface area contributed by atoms with Crippen LogP contribution in [-0.2, 0) is 16.8 Å². The van der Waals surface area contributed by atoms with E-state index in [-0.39, 0.29) is 17.3 Å². The quantitative estimate of drug-likeness (QED) is 0.917. The van der Waals surface area contributed by atoms with Gasteiger partial charge >= 0.3 is 5.97 Å². The van der Waals surface area contributed by atoms with E-state index in [4.69, 9.17) is 5.11 Å². The number of rotatable bonds is 5. The van der Waals surface area contributed by atoms with E-state index in [1.54, 1.807) is 36.2 Å². The van der Waals surface area contributed by atoms with Crippen molar-refractivity contribution in [1.82, 2.24) is 4.90 Å². The smallest absolute Gasteiger partial charge is 0.335 e. The molecule has 124 valence electrons. The monoisotopic (exact) mass is 327 g/mol. The molecule has 0 saturated heterocycles. The zero-order valence-electron chi connectivity index (χ0n) is 13.3. The highest BCUT2D eigenvalue weighted by atomic mass is 19.1. The van der Waals surface area contributed by atoms with Gasteiger partial charge in [0.05, 0.1) is 11.0 Å². The van der Waals surface area contributed by atoms with Crippen molar-refractivity contribution in [3.8, 4) is 0 Å². The SMILES string of the molecule is CN(Cc1ccc(C(=O)O)cc1)C(=O)C1(c2ccc(F)cc2)CC1. The molecule has 1 aliphatic rings. The van der Waals surface area contributed by atoms with Crippen LogP contribution in [0.15, 0.2) is 48.5 Å². The van der Waals surface area contributed by atoms with E-state index in [0.29, 0.717) is 6.54 Å². The first-order chi connectivity index (χ1) is 11.4. The van der Waals surface area contributed by atoms with Crippen molar-refractivity contribution >= 4 is 11.9 Å². The van der Waals surface area contributed by atoms with Crippen LogP contribution in [0.5, 0.6) is 0 Å². The summed E-state index contributed by atoms with van der Waals surface area (Å²) in [5.41, 5.74) is 1.40. The molecular formula is C19H18FNO3. The van der Waals surface area contributed by atoms with Crippen LogP contribution >= 0.6 is 0 Å². The van der Waals surface area contributed by atoms with Gasteiger partial charge in [-0.1, -0.05) is 24.3 Å². The minimum Gasteiger partial charge on any atom is -0.478 e. The third-order valence-corrected chi connectivity index (χ3v) is 4.52. The Labute approximate surface area is 139 Å². The number of hydrogen-bond acceptors (Lipinski definition) is 2. The van der Waals surface area contributed by atoms with Crippen LogP contribution in [0.3, 0.4) is 0 Å². The Morgan fingerprint density at radius 1 is 1.08 bits per heavy atom. The fraction of sp³-hybridized carbons (Fsp3) is 0.263. The van der Waals surface area contributed by atoms with Crippen molar-refractivity contribution in [3.63, 3.8) is 0 Å². The average molecular weight is 327 g/mol. The number of amides is 1. The Hall–Kier alpha value is -2.69. The first kappa shape index (κ1) is 16.2. The summed E-state index contributed by atoms with van der Waals surface area (Å²) < 4.78 is 13.1. The second-order valence-corrected chi connectivity index (χ2v) is 6.25. The number of benzene rings is 2. The highest BCUT2D eigenvalue weighted by molar-refractivity contribution is 5.91. The van der Waals surface area contributed by atoms with Gasteiger partial charge in [-0.05, 0) is 48.2 Å². The molecule has 24 heavy (non-hydrogen) atoms. The Morgan fingerprint density at radius 3 is 2.17 bits per heavy atom. The third kappa shape index (κ3) is 3.02. The molecule has 3 rings (SSSR count). The molecule has 2 aromatic rings. The summed E-state index contributed by atoms with van der Waals surface area (Å²) in [6.45, 7) is 0.404. The molecule has 1 N–H and O–H groups in total. The number of likely N-dealkylation sites (N-methyl/N-ethyl adjacent to an activating group) is 1. The molecule has 1 aliphatic carbocycles. The number of aromatic carboxylic acids is 1. The normalized spacial score (nSPS) is 14.9. The second-order valence-electron chi connectivity index (χ2n) is 6.25. The van der Waals surface area contributed by atoms with Gasteiger partial charge in [0.1, 0.15) is 5.82 Å². The van der Waals surface area contributed by atoms with Crippen LogP contribution in [0.2, 0.25) is 0 Å². The summed E-state index contributed by atoms with van der Waals surface area (Å²) >= 11 is 0. The summed E-state index contributed by atoms with van der Waals surface area (Å²) in [5, 5.41) is 8.92. The first-order valence-electron chi connectivity index (χ1n) is 7.76. The van der Waals surface area contributed by atoms with Gasteiger partial charge in [0.25, 0.3) is 0 Å². The molecule has 1 saturated carbocycles. The lowest BCUT2D eigenvalue weighted by atomic mass is 9.94. The molecule has 0 bridgehead atoms. The van der Waals surface area contributed by atoms with Gasteiger partial charge in [-0.25, -0.2) is 9.18 Å². The molecule has 0 unspecified atom stereocenters. The molecule has 0 radical (unpaired) electrons. The van der Waals surface area contributed by atoms with Gasteiger partial charge in [-0.2, -0.15) is 0 Å². The third-order valence-electron chi connectivity index (χ3n) is 4.52. The van der Waals surface area contributed by atoms with Gasteiger partial charge in [0, 0.05) is 13.6 Å². The number of halogens is 1. The lowest BCUT2D eigenvalue weighted by molar-refractivity contribution is -0.133. The Bertz CT molecular complexity index is 764. The Morgan fingerprint density at radius 2 is 1.67 bits per heavy atom. The summed E-state index contributed by atoms with van der Waals surface area (Å²) in [5.74, 6) is -1.27. The van der Waals surface area contributed by atoms with E-state index in [0.717, 1.165) is 24.0 Å². The summed E-state index contributed by atoms with van der Waals surface area (Å²) in [4.78, 5) is 25.3. The Kier molecular flexibility index (Phi) is 4.09. The number of hydrogen-bond donors (Lipinski definition) is 1. The molecule has 1 amide bonds.